The highest BCUT2D eigenvalue weighted by Crippen LogP contribution is 1.97. The highest BCUT2D eigenvalue weighted by molar-refractivity contribution is 6.35. The van der Waals surface area contributed by atoms with Gasteiger partial charge in [0.1, 0.15) is 0 Å². The van der Waals surface area contributed by atoms with Crippen molar-refractivity contribution in [3.8, 4) is 0 Å². The second-order valence-electron chi connectivity index (χ2n) is 1.91. The minimum Gasteiger partial charge on any atom is -0.296 e. The number of aldehydes is 1. The first-order valence-corrected chi connectivity index (χ1v) is 3.48. The van der Waals surface area contributed by atoms with Crippen molar-refractivity contribution < 1.29 is 9.72 Å². The maximum Gasteiger partial charge on any atom is 0.293 e. The predicted molar refractivity (Wildman–Crippen MR) is 44.8 cm³/mol. The number of allylic oxidation sites excluding steroid dienone is 2. The van der Waals surface area contributed by atoms with E-state index in [0.29, 0.717) is 12.8 Å². The molecule has 0 spiro atoms. The lowest BCUT2D eigenvalue weighted by Gasteiger charge is -1.93. The summed E-state index contributed by atoms with van der Waals surface area (Å²) in [5.74, 6) is 0. The van der Waals surface area contributed by atoms with E-state index >= 15 is 0 Å². The van der Waals surface area contributed by atoms with E-state index in [2.05, 4.69) is 4.99 Å². The molecule has 0 heterocycles. The van der Waals surface area contributed by atoms with Crippen LogP contribution in [0.15, 0.2) is 16.8 Å². The highest BCUT2D eigenvalue weighted by atomic mass is 16.6. The number of hydrogen-bond acceptors (Lipinski definition) is 4. The third-order valence-corrected chi connectivity index (χ3v) is 1.17. The largest absolute Gasteiger partial charge is 0.296 e. The van der Waals surface area contributed by atoms with Crippen molar-refractivity contribution in [2.24, 2.45) is 4.99 Å². The summed E-state index contributed by atoms with van der Waals surface area (Å²) in [5, 5.41) is 10.3. The Hall–Kier alpha value is -1.52. The van der Waals surface area contributed by atoms with E-state index in [9.17, 15) is 14.9 Å². The summed E-state index contributed by atoms with van der Waals surface area (Å²) >= 11 is 0. The first-order valence-electron chi connectivity index (χ1n) is 3.48. The summed E-state index contributed by atoms with van der Waals surface area (Å²) in [6, 6.07) is 0. The molecule has 0 bridgehead atoms. The first kappa shape index (κ1) is 10.5. The van der Waals surface area contributed by atoms with Crippen LogP contribution in [0.25, 0.3) is 0 Å². The average Bonchev–Trinajstić information content (AvgIpc) is 2.03. The van der Waals surface area contributed by atoms with E-state index in [1.165, 1.54) is 13.0 Å². The van der Waals surface area contributed by atoms with Crippen molar-refractivity contribution in [2.75, 3.05) is 6.54 Å². The Morgan fingerprint density at radius 3 is 2.50 bits per heavy atom. The first-order chi connectivity index (χ1) is 5.67. The average molecular weight is 170 g/mol. The van der Waals surface area contributed by atoms with Crippen LogP contribution in [0.3, 0.4) is 0 Å². The van der Waals surface area contributed by atoms with Gasteiger partial charge < -0.3 is 0 Å². The number of carbonyl (C=O) groups excluding carboxylic acids is 1. The molecule has 66 valence electrons. The highest BCUT2D eigenvalue weighted by Gasteiger charge is 2.16. The number of rotatable bonds is 4. The summed E-state index contributed by atoms with van der Waals surface area (Å²) in [4.78, 5) is 23.7. The number of aliphatic imine (C=N–C) groups is 1. The van der Waals surface area contributed by atoms with E-state index in [-0.39, 0.29) is 11.4 Å². The van der Waals surface area contributed by atoms with Gasteiger partial charge in [0, 0.05) is 6.54 Å². The van der Waals surface area contributed by atoms with Crippen LogP contribution in [0.1, 0.15) is 13.8 Å². The quantitative estimate of drug-likeness (QED) is 0.271. The van der Waals surface area contributed by atoms with Gasteiger partial charge in [-0.25, -0.2) is 0 Å². The van der Waals surface area contributed by atoms with Crippen LogP contribution in [-0.2, 0) is 4.79 Å². The monoisotopic (exact) mass is 170 g/mol. The molecule has 5 heteroatoms. The van der Waals surface area contributed by atoms with E-state index in [4.69, 9.17) is 0 Å². The van der Waals surface area contributed by atoms with Crippen LogP contribution in [0, 0.1) is 10.1 Å². The molecule has 0 aliphatic rings. The van der Waals surface area contributed by atoms with Gasteiger partial charge in [-0.2, -0.15) is 0 Å². The zero-order chi connectivity index (χ0) is 9.56. The van der Waals surface area contributed by atoms with Gasteiger partial charge in [-0.1, -0.05) is 0 Å². The number of nitrogens with zero attached hydrogens (tertiary/aromatic N) is 2. The molecule has 0 radical (unpaired) electrons. The lowest BCUT2D eigenvalue weighted by Crippen LogP contribution is -2.12. The fourth-order valence-electron chi connectivity index (χ4n) is 0.696. The molecule has 0 rings (SSSR count). The molecule has 0 atom stereocenters. The molecule has 0 saturated carbocycles. The maximum atomic E-state index is 10.3. The summed E-state index contributed by atoms with van der Waals surface area (Å²) in [6.45, 7) is 3.56. The summed E-state index contributed by atoms with van der Waals surface area (Å²) in [5.41, 5.74) is -0.350. The van der Waals surface area contributed by atoms with Crippen molar-refractivity contribution in [1.82, 2.24) is 0 Å². The Balaban J connectivity index is 4.82. The van der Waals surface area contributed by atoms with Crippen molar-refractivity contribution in [3.63, 3.8) is 0 Å². The molecule has 0 aromatic heterocycles. The van der Waals surface area contributed by atoms with Crippen LogP contribution in [0.5, 0.6) is 0 Å². The second-order valence-corrected chi connectivity index (χ2v) is 1.91. The molecule has 12 heavy (non-hydrogen) atoms. The molecule has 0 N–H and O–H groups in total. The van der Waals surface area contributed by atoms with Crippen molar-refractivity contribution in [3.05, 3.63) is 21.9 Å². The van der Waals surface area contributed by atoms with E-state index in [1.54, 1.807) is 6.92 Å². The minimum absolute atomic E-state index is 0.106. The van der Waals surface area contributed by atoms with Gasteiger partial charge in [0.25, 0.3) is 5.70 Å². The molecule has 0 fully saturated rings. The Morgan fingerprint density at radius 1 is 1.67 bits per heavy atom. The summed E-state index contributed by atoms with van der Waals surface area (Å²) in [7, 11) is 0. The third kappa shape index (κ3) is 2.61. The Bertz CT molecular complexity index is 243. The van der Waals surface area contributed by atoms with Crippen LogP contribution < -0.4 is 0 Å². The topological polar surface area (TPSA) is 72.6 Å². The molecule has 0 aromatic rings. The van der Waals surface area contributed by atoms with E-state index in [1.807, 2.05) is 0 Å². The Morgan fingerprint density at radius 2 is 2.25 bits per heavy atom. The molecule has 0 unspecified atom stereocenters. The molecule has 0 aliphatic heterocycles. The Labute approximate surface area is 69.9 Å². The smallest absolute Gasteiger partial charge is 0.293 e. The molecule has 0 amide bonds. The van der Waals surface area contributed by atoms with Crippen LogP contribution in [0.2, 0.25) is 0 Å². The minimum atomic E-state index is -0.622. The molecular formula is C7H10N2O3. The molecule has 0 aliphatic carbocycles. The SMILES string of the molecule is C/C=C(\C(C=O)=NCC)[N+](=O)[O-]. The third-order valence-electron chi connectivity index (χ3n) is 1.17. The second kappa shape index (κ2) is 5.17. The van der Waals surface area contributed by atoms with Gasteiger partial charge in [0.15, 0.2) is 12.0 Å². The van der Waals surface area contributed by atoms with Crippen LogP contribution in [-0.4, -0.2) is 23.5 Å². The van der Waals surface area contributed by atoms with Gasteiger partial charge in [-0.15, -0.1) is 0 Å². The van der Waals surface area contributed by atoms with Gasteiger partial charge in [0.05, 0.1) is 4.92 Å². The van der Waals surface area contributed by atoms with Gasteiger partial charge in [-0.05, 0) is 19.9 Å². The number of nitro groups is 1. The predicted octanol–water partition coefficient (Wildman–Crippen LogP) is 0.827. The zero-order valence-corrected chi connectivity index (χ0v) is 6.98. The Kier molecular flexibility index (Phi) is 4.52. The molecule has 5 nitrogen and oxygen atoms in total. The lowest BCUT2D eigenvalue weighted by atomic mass is 10.3. The van der Waals surface area contributed by atoms with E-state index in [0.717, 1.165) is 0 Å². The molecule has 0 saturated heterocycles. The summed E-state index contributed by atoms with van der Waals surface area (Å²) < 4.78 is 0. The fraction of sp³-hybridized carbons (Fsp3) is 0.429. The van der Waals surface area contributed by atoms with Gasteiger partial charge in [0.2, 0.25) is 0 Å². The summed E-state index contributed by atoms with van der Waals surface area (Å²) in [6.07, 6.45) is 1.64. The molecular weight excluding hydrogens is 160 g/mol. The molecule has 0 aromatic carbocycles. The van der Waals surface area contributed by atoms with Crippen LogP contribution in [0.4, 0.5) is 0 Å². The number of carbonyl (C=O) groups is 1. The van der Waals surface area contributed by atoms with E-state index < -0.39 is 4.92 Å². The zero-order valence-electron chi connectivity index (χ0n) is 6.98. The van der Waals surface area contributed by atoms with Crippen LogP contribution >= 0.6 is 0 Å². The van der Waals surface area contributed by atoms with Crippen molar-refractivity contribution in [1.29, 1.82) is 0 Å². The van der Waals surface area contributed by atoms with Gasteiger partial charge >= 0.3 is 0 Å². The maximum absolute atomic E-state index is 10.3. The van der Waals surface area contributed by atoms with Gasteiger partial charge in [-0.3, -0.25) is 19.9 Å². The lowest BCUT2D eigenvalue weighted by molar-refractivity contribution is -0.415. The number of hydrogen-bond donors (Lipinski definition) is 0. The fourth-order valence-corrected chi connectivity index (χ4v) is 0.696. The van der Waals surface area contributed by atoms with Crippen molar-refractivity contribution in [2.45, 2.75) is 13.8 Å². The van der Waals surface area contributed by atoms with Crippen molar-refractivity contribution >= 4 is 12.0 Å². The normalized spacial score (nSPS) is 12.8. The standard InChI is InChI=1S/C7H10N2O3/c1-3-7(9(11)12)6(5-10)8-4-2/h3,5H,4H2,1-2H3/b7-3+,8-6?.